The summed E-state index contributed by atoms with van der Waals surface area (Å²) in [6, 6.07) is 12.6. The highest BCUT2D eigenvalue weighted by atomic mass is 32.2. The number of nitro groups is 1. The number of non-ortho nitro benzene ring substituents is 1. The summed E-state index contributed by atoms with van der Waals surface area (Å²) >= 11 is 0. The molecule has 9 heteroatoms. The van der Waals surface area contributed by atoms with E-state index in [1.54, 1.807) is 4.90 Å². The first kappa shape index (κ1) is 21.9. The van der Waals surface area contributed by atoms with Crippen LogP contribution >= 0.6 is 0 Å². The van der Waals surface area contributed by atoms with Crippen molar-refractivity contribution in [3.63, 3.8) is 0 Å². The van der Waals surface area contributed by atoms with Crippen LogP contribution in [0.15, 0.2) is 53.4 Å². The van der Waals surface area contributed by atoms with E-state index in [2.05, 4.69) is 4.72 Å². The van der Waals surface area contributed by atoms with Gasteiger partial charge in [-0.2, -0.15) is 0 Å². The Balaban J connectivity index is 1.49. The summed E-state index contributed by atoms with van der Waals surface area (Å²) in [4.78, 5) is 24.4. The van der Waals surface area contributed by atoms with E-state index in [-0.39, 0.29) is 22.5 Å². The normalized spacial score (nSPS) is 15.2. The van der Waals surface area contributed by atoms with Crippen LogP contribution in [0.25, 0.3) is 0 Å². The molecule has 1 fully saturated rings. The minimum Gasteiger partial charge on any atom is -0.343 e. The predicted octanol–water partition coefficient (Wildman–Crippen LogP) is 2.81. The largest absolute Gasteiger partial charge is 0.343 e. The van der Waals surface area contributed by atoms with Crippen LogP contribution in [0.4, 0.5) is 5.69 Å². The fraction of sp³-hybridized carbons (Fsp3) is 0.381. The number of nitro benzene ring substituents is 1. The maximum Gasteiger partial charge on any atom is 0.269 e. The first-order chi connectivity index (χ1) is 14.2. The number of sulfonamides is 1. The average Bonchev–Trinajstić information content (AvgIpc) is 2.73. The van der Waals surface area contributed by atoms with Crippen molar-refractivity contribution in [3.05, 3.63) is 69.8 Å². The quantitative estimate of drug-likeness (QED) is 0.535. The van der Waals surface area contributed by atoms with Gasteiger partial charge >= 0.3 is 0 Å². The molecule has 1 N–H and O–H groups in total. The van der Waals surface area contributed by atoms with Gasteiger partial charge in [-0.05, 0) is 43.9 Å². The fourth-order valence-corrected chi connectivity index (χ4v) is 4.75. The standard InChI is InChI=1S/C21H25N3O5S/c1-16-2-4-17(5-3-16)6-11-21(25)23-14-12-18(13-15-23)22-30(28,29)20-9-7-19(8-10-20)24(26)27/h2-5,7-10,18,22H,6,11-15H2,1H3. The van der Waals surface area contributed by atoms with Gasteiger partial charge < -0.3 is 4.90 Å². The Morgan fingerprint density at radius 2 is 1.70 bits per heavy atom. The number of benzene rings is 2. The number of rotatable bonds is 7. The molecule has 1 amide bonds. The Bertz CT molecular complexity index is 996. The highest BCUT2D eigenvalue weighted by molar-refractivity contribution is 7.89. The summed E-state index contributed by atoms with van der Waals surface area (Å²) in [6.45, 7) is 3.02. The number of carbonyl (C=O) groups is 1. The molecule has 0 spiro atoms. The van der Waals surface area contributed by atoms with E-state index in [4.69, 9.17) is 0 Å². The third-order valence-corrected chi connectivity index (χ3v) is 6.81. The van der Waals surface area contributed by atoms with Crippen molar-refractivity contribution in [2.45, 2.75) is 43.5 Å². The number of amides is 1. The molecule has 0 atom stereocenters. The molecule has 1 aliphatic rings. The van der Waals surface area contributed by atoms with Gasteiger partial charge in [0.1, 0.15) is 0 Å². The van der Waals surface area contributed by atoms with E-state index in [1.807, 2.05) is 31.2 Å². The van der Waals surface area contributed by atoms with E-state index in [1.165, 1.54) is 29.8 Å². The van der Waals surface area contributed by atoms with E-state index in [0.29, 0.717) is 38.8 Å². The number of aryl methyl sites for hydroxylation is 2. The number of nitrogens with one attached hydrogen (secondary N) is 1. The first-order valence-corrected chi connectivity index (χ1v) is 11.3. The minimum absolute atomic E-state index is 0.00953. The number of nitrogens with zero attached hydrogens (tertiary/aromatic N) is 2. The van der Waals surface area contributed by atoms with E-state index < -0.39 is 14.9 Å². The molecule has 0 saturated carbocycles. The summed E-state index contributed by atoms with van der Waals surface area (Å²) < 4.78 is 27.7. The third kappa shape index (κ3) is 5.64. The molecule has 2 aromatic carbocycles. The summed E-state index contributed by atoms with van der Waals surface area (Å²) in [5.74, 6) is 0.0762. The van der Waals surface area contributed by atoms with Crippen LogP contribution in [-0.4, -0.2) is 43.3 Å². The number of hydrogen-bond acceptors (Lipinski definition) is 5. The van der Waals surface area contributed by atoms with Crippen LogP contribution in [0.2, 0.25) is 0 Å². The van der Waals surface area contributed by atoms with Gasteiger partial charge in [-0.15, -0.1) is 0 Å². The molecule has 1 saturated heterocycles. The predicted molar refractivity (Wildman–Crippen MR) is 113 cm³/mol. The summed E-state index contributed by atoms with van der Waals surface area (Å²) in [6.07, 6.45) is 2.18. The summed E-state index contributed by atoms with van der Waals surface area (Å²) in [7, 11) is -3.77. The Morgan fingerprint density at radius 1 is 1.10 bits per heavy atom. The van der Waals surface area contributed by atoms with Crippen LogP contribution < -0.4 is 4.72 Å². The SMILES string of the molecule is Cc1ccc(CCC(=O)N2CCC(NS(=O)(=O)c3ccc([N+](=O)[O-])cc3)CC2)cc1. The van der Waals surface area contributed by atoms with Gasteiger partial charge in [0.15, 0.2) is 0 Å². The molecule has 160 valence electrons. The first-order valence-electron chi connectivity index (χ1n) is 9.85. The second-order valence-electron chi connectivity index (χ2n) is 7.51. The van der Waals surface area contributed by atoms with Gasteiger partial charge in [-0.3, -0.25) is 14.9 Å². The third-order valence-electron chi connectivity index (χ3n) is 5.28. The van der Waals surface area contributed by atoms with Crippen molar-refractivity contribution in [2.24, 2.45) is 0 Å². The van der Waals surface area contributed by atoms with Gasteiger partial charge in [-0.1, -0.05) is 29.8 Å². The molecule has 0 bridgehead atoms. The van der Waals surface area contributed by atoms with E-state index in [0.717, 1.165) is 5.56 Å². The molecular weight excluding hydrogens is 406 g/mol. The lowest BCUT2D eigenvalue weighted by Gasteiger charge is -2.32. The second-order valence-corrected chi connectivity index (χ2v) is 9.23. The molecule has 0 radical (unpaired) electrons. The Hall–Kier alpha value is -2.78. The highest BCUT2D eigenvalue weighted by Crippen LogP contribution is 2.19. The van der Waals surface area contributed by atoms with Crippen LogP contribution in [0.1, 0.15) is 30.4 Å². The summed E-state index contributed by atoms with van der Waals surface area (Å²) in [5, 5.41) is 10.7. The van der Waals surface area contributed by atoms with Gasteiger partial charge in [0.2, 0.25) is 15.9 Å². The number of piperidine rings is 1. The smallest absolute Gasteiger partial charge is 0.269 e. The van der Waals surface area contributed by atoms with Crippen molar-refractivity contribution in [1.29, 1.82) is 0 Å². The number of carbonyl (C=O) groups excluding carboxylic acids is 1. The average molecular weight is 432 g/mol. The Kier molecular flexibility index (Phi) is 6.84. The molecule has 8 nitrogen and oxygen atoms in total. The van der Waals surface area contributed by atoms with Gasteiger partial charge in [0, 0.05) is 37.7 Å². The van der Waals surface area contributed by atoms with Crippen LogP contribution in [-0.2, 0) is 21.2 Å². The molecule has 0 aromatic heterocycles. The molecule has 30 heavy (non-hydrogen) atoms. The van der Waals surface area contributed by atoms with E-state index >= 15 is 0 Å². The van der Waals surface area contributed by atoms with E-state index in [9.17, 15) is 23.3 Å². The zero-order valence-corrected chi connectivity index (χ0v) is 17.6. The molecule has 0 aliphatic carbocycles. The molecule has 1 aliphatic heterocycles. The zero-order chi connectivity index (χ0) is 21.7. The maximum atomic E-state index is 12.5. The van der Waals surface area contributed by atoms with Gasteiger partial charge in [-0.25, -0.2) is 13.1 Å². The second kappa shape index (κ2) is 9.36. The van der Waals surface area contributed by atoms with Crippen molar-refractivity contribution in [3.8, 4) is 0 Å². The molecular formula is C21H25N3O5S. The van der Waals surface area contributed by atoms with Crippen molar-refractivity contribution in [2.75, 3.05) is 13.1 Å². The molecule has 1 heterocycles. The molecule has 0 unspecified atom stereocenters. The summed E-state index contributed by atoms with van der Waals surface area (Å²) in [5.41, 5.74) is 2.15. The van der Waals surface area contributed by atoms with Crippen LogP contribution in [0.5, 0.6) is 0 Å². The number of likely N-dealkylation sites (tertiary alicyclic amines) is 1. The van der Waals surface area contributed by atoms with Crippen molar-refractivity contribution >= 4 is 21.6 Å². The van der Waals surface area contributed by atoms with Crippen molar-refractivity contribution in [1.82, 2.24) is 9.62 Å². The number of hydrogen-bond donors (Lipinski definition) is 1. The lowest BCUT2D eigenvalue weighted by atomic mass is 10.0. The topological polar surface area (TPSA) is 110 Å². The van der Waals surface area contributed by atoms with Crippen LogP contribution in [0.3, 0.4) is 0 Å². The van der Waals surface area contributed by atoms with Gasteiger partial charge in [0.25, 0.3) is 5.69 Å². The minimum atomic E-state index is -3.77. The van der Waals surface area contributed by atoms with Gasteiger partial charge in [0.05, 0.1) is 9.82 Å². The zero-order valence-electron chi connectivity index (χ0n) is 16.8. The Morgan fingerprint density at radius 3 is 2.27 bits per heavy atom. The lowest BCUT2D eigenvalue weighted by molar-refractivity contribution is -0.384. The van der Waals surface area contributed by atoms with Crippen LogP contribution in [0, 0.1) is 17.0 Å². The molecule has 2 aromatic rings. The molecule has 3 rings (SSSR count). The lowest BCUT2D eigenvalue weighted by Crippen LogP contribution is -2.46. The van der Waals surface area contributed by atoms with Crippen molar-refractivity contribution < 1.29 is 18.1 Å². The maximum absolute atomic E-state index is 12.5. The fourth-order valence-electron chi connectivity index (χ4n) is 3.45. The monoisotopic (exact) mass is 431 g/mol. The highest BCUT2D eigenvalue weighted by Gasteiger charge is 2.26. The Labute approximate surface area is 176 Å².